The summed E-state index contributed by atoms with van der Waals surface area (Å²) in [6.07, 6.45) is 5.81. The Balaban J connectivity index is 1.63. The van der Waals surface area contributed by atoms with Crippen molar-refractivity contribution >= 4 is 5.65 Å². The van der Waals surface area contributed by atoms with Crippen LogP contribution < -0.4 is 5.32 Å². The number of nitrogens with zero attached hydrogens (tertiary/aromatic N) is 2. The lowest BCUT2D eigenvalue weighted by Gasteiger charge is -2.35. The lowest BCUT2D eigenvalue weighted by atomic mass is 9.81. The molecule has 5 heteroatoms. The minimum atomic E-state index is -0.0324. The molecule has 2 aromatic heterocycles. The van der Waals surface area contributed by atoms with Crippen molar-refractivity contribution in [3.8, 4) is 0 Å². The maximum absolute atomic E-state index is 9.69. The molecule has 0 unspecified atom stereocenters. The SMILES string of the molecule is Cc1ccn2c(CNCC3(CO)CCOCC3)cnc2c1. The Hall–Kier alpha value is -1.43. The van der Waals surface area contributed by atoms with Crippen molar-refractivity contribution in [2.24, 2.45) is 5.41 Å². The summed E-state index contributed by atoms with van der Waals surface area (Å²) in [5.41, 5.74) is 3.31. The van der Waals surface area contributed by atoms with Gasteiger partial charge in [0, 0.05) is 37.9 Å². The quantitative estimate of drug-likeness (QED) is 0.876. The standard InChI is InChI=1S/C16H23N3O2/c1-13-2-5-19-14(10-18-15(19)8-13)9-17-11-16(12-20)3-6-21-7-4-16/h2,5,8,10,17,20H,3-4,6-7,9,11-12H2,1H3. The summed E-state index contributed by atoms with van der Waals surface area (Å²) < 4.78 is 7.50. The summed E-state index contributed by atoms with van der Waals surface area (Å²) in [4.78, 5) is 4.44. The minimum Gasteiger partial charge on any atom is -0.396 e. The molecule has 5 nitrogen and oxygen atoms in total. The first-order chi connectivity index (χ1) is 10.2. The normalized spacial score (nSPS) is 18.2. The first-order valence-electron chi connectivity index (χ1n) is 7.54. The van der Waals surface area contributed by atoms with Crippen molar-refractivity contribution in [1.29, 1.82) is 0 Å². The molecular weight excluding hydrogens is 266 g/mol. The van der Waals surface area contributed by atoms with E-state index >= 15 is 0 Å². The number of rotatable bonds is 5. The van der Waals surface area contributed by atoms with Gasteiger partial charge in [-0.25, -0.2) is 4.98 Å². The van der Waals surface area contributed by atoms with Gasteiger partial charge in [0.25, 0.3) is 0 Å². The predicted octanol–water partition coefficient (Wildman–Crippen LogP) is 1.52. The van der Waals surface area contributed by atoms with Crippen LogP contribution in [0, 0.1) is 12.3 Å². The van der Waals surface area contributed by atoms with E-state index in [-0.39, 0.29) is 12.0 Å². The molecule has 0 radical (unpaired) electrons. The van der Waals surface area contributed by atoms with E-state index < -0.39 is 0 Å². The van der Waals surface area contributed by atoms with Crippen LogP contribution >= 0.6 is 0 Å². The van der Waals surface area contributed by atoms with Crippen LogP contribution in [0.15, 0.2) is 24.5 Å². The van der Waals surface area contributed by atoms with E-state index in [2.05, 4.69) is 40.0 Å². The zero-order valence-corrected chi connectivity index (χ0v) is 12.5. The van der Waals surface area contributed by atoms with Crippen LogP contribution in [-0.2, 0) is 11.3 Å². The maximum atomic E-state index is 9.69. The zero-order chi connectivity index (χ0) is 14.7. The number of imidazole rings is 1. The van der Waals surface area contributed by atoms with E-state index in [1.807, 2.05) is 6.20 Å². The molecule has 21 heavy (non-hydrogen) atoms. The highest BCUT2D eigenvalue weighted by Gasteiger charge is 2.31. The van der Waals surface area contributed by atoms with Gasteiger partial charge in [-0.15, -0.1) is 0 Å². The zero-order valence-electron chi connectivity index (χ0n) is 12.5. The molecule has 0 aliphatic carbocycles. The van der Waals surface area contributed by atoms with Gasteiger partial charge in [-0.3, -0.25) is 0 Å². The van der Waals surface area contributed by atoms with Crippen LogP contribution in [0.4, 0.5) is 0 Å². The molecule has 3 rings (SSSR count). The third kappa shape index (κ3) is 3.10. The lowest BCUT2D eigenvalue weighted by molar-refractivity contribution is -0.0154. The summed E-state index contributed by atoms with van der Waals surface area (Å²) in [5.74, 6) is 0. The largest absolute Gasteiger partial charge is 0.396 e. The molecule has 2 N–H and O–H groups in total. The molecule has 1 aliphatic heterocycles. The van der Waals surface area contributed by atoms with Crippen LogP contribution in [0.1, 0.15) is 24.1 Å². The molecule has 1 saturated heterocycles. The highest BCUT2D eigenvalue weighted by atomic mass is 16.5. The number of ether oxygens (including phenoxy) is 1. The van der Waals surface area contributed by atoms with Gasteiger partial charge in [0.2, 0.25) is 0 Å². The molecule has 114 valence electrons. The van der Waals surface area contributed by atoms with Crippen molar-refractivity contribution in [3.05, 3.63) is 35.8 Å². The summed E-state index contributed by atoms with van der Waals surface area (Å²) in [6, 6.07) is 4.17. The summed E-state index contributed by atoms with van der Waals surface area (Å²) in [5, 5.41) is 13.2. The molecule has 0 spiro atoms. The number of hydrogen-bond acceptors (Lipinski definition) is 4. The number of aryl methyl sites for hydroxylation is 1. The second-order valence-electron chi connectivity index (χ2n) is 6.06. The summed E-state index contributed by atoms with van der Waals surface area (Å²) in [7, 11) is 0. The lowest BCUT2D eigenvalue weighted by Crippen LogP contribution is -2.41. The number of fused-ring (bicyclic) bond motifs is 1. The van der Waals surface area contributed by atoms with Gasteiger partial charge in [0.1, 0.15) is 5.65 Å². The van der Waals surface area contributed by atoms with Crippen LogP contribution in [0.2, 0.25) is 0 Å². The molecule has 0 amide bonds. The third-order valence-electron chi connectivity index (χ3n) is 4.44. The first-order valence-corrected chi connectivity index (χ1v) is 7.54. The number of aliphatic hydroxyl groups is 1. The monoisotopic (exact) mass is 289 g/mol. The minimum absolute atomic E-state index is 0.0324. The Morgan fingerprint density at radius 3 is 3.00 bits per heavy atom. The average molecular weight is 289 g/mol. The van der Waals surface area contributed by atoms with Gasteiger partial charge in [-0.2, -0.15) is 0 Å². The molecule has 0 saturated carbocycles. The van der Waals surface area contributed by atoms with Crippen LogP contribution in [-0.4, -0.2) is 40.9 Å². The smallest absolute Gasteiger partial charge is 0.137 e. The Morgan fingerprint density at radius 1 is 1.43 bits per heavy atom. The molecule has 0 atom stereocenters. The summed E-state index contributed by atoms with van der Waals surface area (Å²) >= 11 is 0. The van der Waals surface area contributed by atoms with Crippen molar-refractivity contribution in [1.82, 2.24) is 14.7 Å². The van der Waals surface area contributed by atoms with Gasteiger partial charge in [-0.05, 0) is 37.5 Å². The van der Waals surface area contributed by atoms with Gasteiger partial charge in [0.15, 0.2) is 0 Å². The van der Waals surface area contributed by atoms with Gasteiger partial charge in [-0.1, -0.05) is 0 Å². The first kappa shape index (κ1) is 14.5. The van der Waals surface area contributed by atoms with E-state index in [1.165, 1.54) is 5.56 Å². The average Bonchev–Trinajstić information content (AvgIpc) is 2.90. The predicted molar refractivity (Wildman–Crippen MR) is 81.2 cm³/mol. The fourth-order valence-corrected chi connectivity index (χ4v) is 2.92. The van der Waals surface area contributed by atoms with Crippen molar-refractivity contribution < 1.29 is 9.84 Å². The van der Waals surface area contributed by atoms with Gasteiger partial charge >= 0.3 is 0 Å². The number of aromatic nitrogens is 2. The molecule has 1 aliphatic rings. The number of hydrogen-bond donors (Lipinski definition) is 2. The molecular formula is C16H23N3O2. The Labute approximate surface area is 125 Å². The fraction of sp³-hybridized carbons (Fsp3) is 0.562. The van der Waals surface area contributed by atoms with Gasteiger partial charge in [0.05, 0.1) is 18.5 Å². The number of aliphatic hydroxyl groups excluding tert-OH is 1. The fourth-order valence-electron chi connectivity index (χ4n) is 2.92. The number of nitrogens with one attached hydrogen (secondary N) is 1. The summed E-state index contributed by atoms with van der Waals surface area (Å²) in [6.45, 7) is 5.35. The molecule has 2 aromatic rings. The van der Waals surface area contributed by atoms with E-state index in [0.717, 1.165) is 50.5 Å². The highest BCUT2D eigenvalue weighted by Crippen LogP contribution is 2.29. The molecule has 1 fully saturated rings. The van der Waals surface area contributed by atoms with E-state index in [4.69, 9.17) is 4.74 Å². The maximum Gasteiger partial charge on any atom is 0.137 e. The van der Waals surface area contributed by atoms with E-state index in [1.54, 1.807) is 0 Å². The highest BCUT2D eigenvalue weighted by molar-refractivity contribution is 5.42. The second kappa shape index (κ2) is 6.13. The van der Waals surface area contributed by atoms with E-state index in [9.17, 15) is 5.11 Å². The Morgan fingerprint density at radius 2 is 2.24 bits per heavy atom. The van der Waals surface area contributed by atoms with Gasteiger partial charge < -0.3 is 19.6 Å². The Kier molecular flexibility index (Phi) is 4.24. The van der Waals surface area contributed by atoms with Crippen molar-refractivity contribution in [3.63, 3.8) is 0 Å². The van der Waals surface area contributed by atoms with Crippen LogP contribution in [0.5, 0.6) is 0 Å². The van der Waals surface area contributed by atoms with Crippen molar-refractivity contribution in [2.45, 2.75) is 26.3 Å². The van der Waals surface area contributed by atoms with Crippen molar-refractivity contribution in [2.75, 3.05) is 26.4 Å². The Bertz CT molecular complexity index is 603. The second-order valence-corrected chi connectivity index (χ2v) is 6.06. The molecule has 0 aromatic carbocycles. The van der Waals surface area contributed by atoms with E-state index in [0.29, 0.717) is 0 Å². The molecule has 0 bridgehead atoms. The number of pyridine rings is 1. The molecule has 3 heterocycles. The van der Waals surface area contributed by atoms with Crippen LogP contribution in [0.3, 0.4) is 0 Å². The van der Waals surface area contributed by atoms with Crippen LogP contribution in [0.25, 0.3) is 5.65 Å². The topological polar surface area (TPSA) is 58.8 Å². The third-order valence-corrected chi connectivity index (χ3v) is 4.44.